The largest absolute Gasteiger partial charge is 0.673 e. The number of pyridine rings is 1. The number of rotatable bonds is 18. The molecular formula is C34H50BF4NO. The Morgan fingerprint density at radius 2 is 1.17 bits per heavy atom. The van der Waals surface area contributed by atoms with Crippen LogP contribution in [0.1, 0.15) is 116 Å². The molecule has 3 aromatic rings. The molecule has 0 bridgehead atoms. The fraction of sp³-hybridized carbons (Fsp3) is 0.559. The number of hydrogen-bond acceptors (Lipinski definition) is 1. The molecule has 3 rings (SSSR count). The molecule has 1 aromatic heterocycles. The molecule has 0 aliphatic carbocycles. The van der Waals surface area contributed by atoms with E-state index in [2.05, 4.69) is 81.6 Å². The first-order valence-corrected chi connectivity index (χ1v) is 15.8. The molecule has 2 nitrogen and oxygen atoms in total. The standard InChI is InChI=1S/C34H50NO.BF4/c1-4-6-7-8-9-10-11-12-13-14-15-16-24-31(21-5-2)36-35-28-20-27-32(29(35)3)34-26-19-23-30-22-17-18-25-33(30)34;2-1(3,4)5/h17-20,22-23,25-28,31H,4-16,21,24H2,1-3H3;/q+1;-1. The molecule has 41 heavy (non-hydrogen) atoms. The molecule has 2 aromatic carbocycles. The van der Waals surface area contributed by atoms with E-state index in [4.69, 9.17) is 4.84 Å². The van der Waals surface area contributed by atoms with Gasteiger partial charge in [0.15, 0.2) is 6.10 Å². The van der Waals surface area contributed by atoms with Gasteiger partial charge in [-0.1, -0.05) is 133 Å². The highest BCUT2D eigenvalue weighted by molar-refractivity contribution is 6.50. The molecule has 1 unspecified atom stereocenters. The second kappa shape index (κ2) is 19.5. The van der Waals surface area contributed by atoms with Gasteiger partial charge in [-0.15, -0.1) is 0 Å². The number of unbranched alkanes of at least 4 members (excludes halogenated alkanes) is 11. The van der Waals surface area contributed by atoms with Crippen molar-refractivity contribution >= 4 is 18.0 Å². The molecule has 0 saturated carbocycles. The van der Waals surface area contributed by atoms with Gasteiger partial charge in [-0.05, 0) is 41.7 Å². The van der Waals surface area contributed by atoms with Crippen molar-refractivity contribution in [3.63, 3.8) is 0 Å². The average molecular weight is 576 g/mol. The highest BCUT2D eigenvalue weighted by atomic mass is 19.5. The maximum atomic E-state index is 9.75. The molecule has 0 N–H and O–H groups in total. The quantitative estimate of drug-likeness (QED) is 0.0636. The van der Waals surface area contributed by atoms with Crippen LogP contribution in [0.4, 0.5) is 17.3 Å². The van der Waals surface area contributed by atoms with E-state index >= 15 is 0 Å². The lowest BCUT2D eigenvalue weighted by atomic mass is 9.97. The van der Waals surface area contributed by atoms with Crippen molar-refractivity contribution in [1.82, 2.24) is 0 Å². The van der Waals surface area contributed by atoms with Crippen LogP contribution in [0, 0.1) is 6.92 Å². The number of fused-ring (bicyclic) bond motifs is 1. The molecule has 0 radical (unpaired) electrons. The predicted octanol–water partition coefficient (Wildman–Crippen LogP) is 11.1. The van der Waals surface area contributed by atoms with Gasteiger partial charge >= 0.3 is 7.25 Å². The van der Waals surface area contributed by atoms with E-state index in [1.165, 1.54) is 105 Å². The van der Waals surface area contributed by atoms with Gasteiger partial charge < -0.3 is 17.3 Å². The lowest BCUT2D eigenvalue weighted by molar-refractivity contribution is -0.902. The topological polar surface area (TPSA) is 13.1 Å². The molecule has 0 amide bonds. The summed E-state index contributed by atoms with van der Waals surface area (Å²) in [4.78, 5) is 6.58. The van der Waals surface area contributed by atoms with Crippen LogP contribution in [0.25, 0.3) is 21.9 Å². The van der Waals surface area contributed by atoms with E-state index in [-0.39, 0.29) is 6.10 Å². The number of halogens is 4. The average Bonchev–Trinajstić information content (AvgIpc) is 2.93. The van der Waals surface area contributed by atoms with Crippen LogP contribution in [0.5, 0.6) is 0 Å². The van der Waals surface area contributed by atoms with Crippen molar-refractivity contribution in [2.75, 3.05) is 0 Å². The van der Waals surface area contributed by atoms with E-state index in [0.717, 1.165) is 19.3 Å². The lowest BCUT2D eigenvalue weighted by Crippen LogP contribution is -2.50. The Labute approximate surface area is 245 Å². The van der Waals surface area contributed by atoms with Crippen LogP contribution in [0.2, 0.25) is 0 Å². The SMILES string of the molecule is CCCCCCCCCCCCCCC(CCC)O[n+]1cccc(-c2cccc3ccccc23)c1C.F[B-](F)(F)F. The minimum atomic E-state index is -6.00. The fourth-order valence-electron chi connectivity index (χ4n) is 5.37. The summed E-state index contributed by atoms with van der Waals surface area (Å²) in [6, 6.07) is 19.6. The minimum absolute atomic E-state index is 0.282. The van der Waals surface area contributed by atoms with Crippen molar-refractivity contribution in [2.45, 2.75) is 123 Å². The molecule has 1 atom stereocenters. The van der Waals surface area contributed by atoms with Crippen molar-refractivity contribution in [3.8, 4) is 11.1 Å². The zero-order valence-corrected chi connectivity index (χ0v) is 25.4. The van der Waals surface area contributed by atoms with Gasteiger partial charge in [0.1, 0.15) is 0 Å². The van der Waals surface area contributed by atoms with Crippen LogP contribution >= 0.6 is 0 Å². The van der Waals surface area contributed by atoms with Crippen LogP contribution in [0.15, 0.2) is 60.8 Å². The Balaban J connectivity index is 0.00000108. The first-order chi connectivity index (χ1) is 19.7. The molecular weight excluding hydrogens is 525 g/mol. The smallest absolute Gasteiger partial charge is 0.418 e. The van der Waals surface area contributed by atoms with Crippen LogP contribution in [-0.2, 0) is 0 Å². The molecule has 0 saturated heterocycles. The van der Waals surface area contributed by atoms with E-state index in [1.54, 1.807) is 0 Å². The number of nitrogens with zero attached hydrogens (tertiary/aromatic N) is 1. The van der Waals surface area contributed by atoms with Gasteiger partial charge in [-0.2, -0.15) is 0 Å². The fourth-order valence-corrected chi connectivity index (χ4v) is 5.37. The number of hydrogen-bond donors (Lipinski definition) is 0. The summed E-state index contributed by atoms with van der Waals surface area (Å²) in [7, 11) is -6.00. The van der Waals surface area contributed by atoms with E-state index in [0.29, 0.717) is 0 Å². The minimum Gasteiger partial charge on any atom is -0.418 e. The highest BCUT2D eigenvalue weighted by Gasteiger charge is 2.21. The van der Waals surface area contributed by atoms with Crippen molar-refractivity contribution in [3.05, 3.63) is 66.5 Å². The Hall–Kier alpha value is -2.57. The van der Waals surface area contributed by atoms with Crippen LogP contribution in [-0.4, -0.2) is 13.4 Å². The third-order valence-corrected chi connectivity index (χ3v) is 7.54. The van der Waals surface area contributed by atoms with Gasteiger partial charge in [-0.3, -0.25) is 4.84 Å². The second-order valence-corrected chi connectivity index (χ2v) is 11.0. The maximum Gasteiger partial charge on any atom is 0.673 e. The molecule has 7 heteroatoms. The molecule has 0 aliphatic heterocycles. The van der Waals surface area contributed by atoms with Crippen LogP contribution in [0.3, 0.4) is 0 Å². The number of aromatic nitrogens is 1. The van der Waals surface area contributed by atoms with Gasteiger partial charge in [0, 0.05) is 17.7 Å². The Morgan fingerprint density at radius 3 is 1.78 bits per heavy atom. The number of benzene rings is 2. The summed E-state index contributed by atoms with van der Waals surface area (Å²) >= 11 is 0. The van der Waals surface area contributed by atoms with Crippen molar-refractivity contribution < 1.29 is 26.8 Å². The van der Waals surface area contributed by atoms with E-state index in [1.807, 2.05) is 4.73 Å². The summed E-state index contributed by atoms with van der Waals surface area (Å²) in [6.45, 7) is 6.74. The predicted molar refractivity (Wildman–Crippen MR) is 165 cm³/mol. The Kier molecular flexibility index (Phi) is 16.5. The summed E-state index contributed by atoms with van der Waals surface area (Å²) in [6.07, 6.45) is 22.5. The van der Waals surface area contributed by atoms with Crippen molar-refractivity contribution in [2.24, 2.45) is 0 Å². The molecule has 1 heterocycles. The summed E-state index contributed by atoms with van der Waals surface area (Å²) in [5.74, 6) is 0. The van der Waals surface area contributed by atoms with E-state index < -0.39 is 7.25 Å². The molecule has 228 valence electrons. The summed E-state index contributed by atoms with van der Waals surface area (Å²) in [5.41, 5.74) is 3.69. The van der Waals surface area contributed by atoms with Gasteiger partial charge in [0.05, 0.1) is 5.56 Å². The Morgan fingerprint density at radius 1 is 0.634 bits per heavy atom. The lowest BCUT2D eigenvalue weighted by Gasteiger charge is -2.15. The van der Waals surface area contributed by atoms with Gasteiger partial charge in [0.2, 0.25) is 11.9 Å². The zero-order valence-electron chi connectivity index (χ0n) is 25.4. The first-order valence-electron chi connectivity index (χ1n) is 15.8. The Bertz CT molecular complexity index is 1110. The molecule has 0 aliphatic rings. The maximum absolute atomic E-state index is 9.75. The van der Waals surface area contributed by atoms with Gasteiger partial charge in [-0.25, -0.2) is 0 Å². The first kappa shape index (κ1) is 34.6. The summed E-state index contributed by atoms with van der Waals surface area (Å²) < 4.78 is 41.0. The highest BCUT2D eigenvalue weighted by Crippen LogP contribution is 2.29. The third kappa shape index (κ3) is 14.2. The monoisotopic (exact) mass is 575 g/mol. The third-order valence-electron chi connectivity index (χ3n) is 7.54. The van der Waals surface area contributed by atoms with Crippen molar-refractivity contribution in [1.29, 1.82) is 0 Å². The summed E-state index contributed by atoms with van der Waals surface area (Å²) in [5, 5.41) is 2.57. The van der Waals surface area contributed by atoms with Crippen LogP contribution < -0.4 is 9.57 Å². The molecule has 0 spiro atoms. The van der Waals surface area contributed by atoms with Gasteiger partial charge in [0.25, 0.3) is 0 Å². The zero-order chi connectivity index (χ0) is 29.9. The second-order valence-electron chi connectivity index (χ2n) is 11.0. The molecule has 0 fully saturated rings. The van der Waals surface area contributed by atoms with E-state index in [9.17, 15) is 17.3 Å². The normalized spacial score (nSPS) is 12.2.